The lowest BCUT2D eigenvalue weighted by Gasteiger charge is -2.15. The van der Waals surface area contributed by atoms with Crippen molar-refractivity contribution in [3.63, 3.8) is 0 Å². The summed E-state index contributed by atoms with van der Waals surface area (Å²) in [5, 5.41) is 1.81. The monoisotopic (exact) mass is 609 g/mol. The number of ether oxygens (including phenoxy) is 3. The van der Waals surface area contributed by atoms with Crippen molar-refractivity contribution in [2.45, 2.75) is 25.0 Å². The maximum absolute atomic E-state index is 13.8. The number of carbonyl (C=O) groups excluding carboxylic acids is 1. The second kappa shape index (κ2) is 13.6. The van der Waals surface area contributed by atoms with Gasteiger partial charge in [0.1, 0.15) is 19.3 Å². The van der Waals surface area contributed by atoms with Gasteiger partial charge in [-0.05, 0) is 24.6 Å². The molecule has 0 aliphatic carbocycles. The largest absolute Gasteiger partial charge is 0.574 e. The van der Waals surface area contributed by atoms with Gasteiger partial charge in [-0.15, -0.1) is 0 Å². The molecule has 1 aromatic heterocycles. The predicted octanol–water partition coefficient (Wildman–Crippen LogP) is 3.41. The molecule has 0 bridgehead atoms. The van der Waals surface area contributed by atoms with Crippen molar-refractivity contribution in [2.24, 2.45) is 4.85 Å². The molecular weight excluding hydrogens is 588 g/mol. The maximum Gasteiger partial charge on any atom is 0.412 e. The number of hydrogen-bond donors (Lipinski definition) is 2. The normalized spacial score (nSPS) is 15.7. The Morgan fingerprint density at radius 3 is 2.90 bits per heavy atom. The molecule has 1 aliphatic heterocycles. The van der Waals surface area contributed by atoms with Crippen LogP contribution in [0.1, 0.15) is 12.5 Å². The van der Waals surface area contributed by atoms with E-state index in [9.17, 15) is 18.9 Å². The van der Waals surface area contributed by atoms with E-state index in [2.05, 4.69) is 15.3 Å². The van der Waals surface area contributed by atoms with Crippen molar-refractivity contribution in [3.8, 4) is 11.5 Å². The van der Waals surface area contributed by atoms with Crippen LogP contribution in [-0.4, -0.2) is 33.6 Å². The topological polar surface area (TPSA) is 162 Å². The molecule has 0 radical (unpaired) electrons. The Morgan fingerprint density at radius 2 is 2.12 bits per heavy atom. The highest BCUT2D eigenvalue weighted by Crippen LogP contribution is 2.36. The van der Waals surface area contributed by atoms with Gasteiger partial charge in [-0.1, -0.05) is 53.7 Å². The van der Waals surface area contributed by atoms with E-state index in [0.29, 0.717) is 5.02 Å². The highest BCUT2D eigenvalue weighted by Gasteiger charge is 2.24. The number of nitrogens with one attached hydrogen (secondary N) is 1. The third kappa shape index (κ3) is 7.93. The van der Waals surface area contributed by atoms with Gasteiger partial charge >= 0.3 is 19.8 Å². The van der Waals surface area contributed by atoms with Gasteiger partial charge in [0.25, 0.3) is 0 Å². The van der Waals surface area contributed by atoms with Crippen LogP contribution in [0.25, 0.3) is 5.88 Å². The summed E-state index contributed by atoms with van der Waals surface area (Å²) in [4.78, 5) is 43.7. The van der Waals surface area contributed by atoms with Crippen LogP contribution in [0.2, 0.25) is 5.02 Å². The predicted molar refractivity (Wildman–Crippen MR) is 145 cm³/mol. The van der Waals surface area contributed by atoms with Crippen LogP contribution in [0.3, 0.4) is 0 Å². The van der Waals surface area contributed by atoms with E-state index < -0.39 is 42.9 Å². The molecular formula is C24H22ClFN5O7PS. The van der Waals surface area contributed by atoms with Crippen LogP contribution in [0.15, 0.2) is 69.8 Å². The van der Waals surface area contributed by atoms with Gasteiger partial charge in [0.15, 0.2) is 22.8 Å². The minimum Gasteiger partial charge on any atom is -0.574 e. The van der Waals surface area contributed by atoms with Crippen LogP contribution in [-0.2, 0) is 20.9 Å². The average molecular weight is 610 g/mol. The molecule has 0 saturated heterocycles. The minimum absolute atomic E-state index is 0.0435. The van der Waals surface area contributed by atoms with E-state index >= 15 is 0 Å². The number of aromatic nitrogens is 2. The van der Waals surface area contributed by atoms with Gasteiger partial charge in [-0.3, -0.25) is 9.32 Å². The maximum atomic E-state index is 13.8. The molecule has 210 valence electrons. The Morgan fingerprint density at radius 1 is 1.35 bits per heavy atom. The molecule has 3 atom stereocenters. The molecule has 0 spiro atoms. The summed E-state index contributed by atoms with van der Waals surface area (Å²) >= 11 is 7.24. The van der Waals surface area contributed by atoms with E-state index in [4.69, 9.17) is 36.1 Å². The van der Waals surface area contributed by atoms with Gasteiger partial charge in [0, 0.05) is 21.4 Å². The lowest BCUT2D eigenvalue weighted by atomic mass is 10.2. The van der Waals surface area contributed by atoms with Crippen LogP contribution < -0.4 is 31.0 Å². The Bertz CT molecular complexity index is 1490. The highest BCUT2D eigenvalue weighted by atomic mass is 35.5. The first-order chi connectivity index (χ1) is 19.2. The number of halogens is 2. The number of nitrogens with two attached hydrogens (primary N) is 1. The number of nitrogen functional groups attached to an aromatic ring is 1. The smallest absolute Gasteiger partial charge is 0.412 e. The standard InChI is InChI=1S/C24H22ClFN5O7PS/c1-14(23(32)36-11-15-5-3-2-4-6-15)29-30-39(34)38-18-8-7-16(25)9-19(18)35-12-21-37-20(13-40-21)31-10-17(26)22(27)28-24(31)33/h2-10,13-14,21,29H,11-12H2,1H3,(H2,27,28,33)/t14-,21-/m0/s1. The highest BCUT2D eigenvalue weighted by molar-refractivity contribution is 8.03. The van der Waals surface area contributed by atoms with Crippen LogP contribution in [0.5, 0.6) is 11.5 Å². The molecule has 0 amide bonds. The molecule has 12 nitrogen and oxygen atoms in total. The number of rotatable bonds is 11. The first kappa shape index (κ1) is 29.3. The van der Waals surface area contributed by atoms with E-state index in [1.54, 1.807) is 0 Å². The lowest BCUT2D eigenvalue weighted by molar-refractivity contribution is -0.169. The fraction of sp³-hybridized carbons (Fsp3) is 0.208. The summed E-state index contributed by atoms with van der Waals surface area (Å²) in [5.74, 6) is -1.74. The number of thioether (sulfide) groups is 1. The first-order valence-electron chi connectivity index (χ1n) is 11.5. The fourth-order valence-corrected chi connectivity index (χ4v) is 4.61. The summed E-state index contributed by atoms with van der Waals surface area (Å²) in [5.41, 5.74) is 7.15. The molecule has 3 N–H and O–H groups in total. The van der Waals surface area contributed by atoms with Crippen molar-refractivity contribution < 1.29 is 32.8 Å². The number of benzene rings is 2. The van der Waals surface area contributed by atoms with Gasteiger partial charge in [-0.2, -0.15) is 10.4 Å². The zero-order valence-corrected chi connectivity index (χ0v) is 23.2. The van der Waals surface area contributed by atoms with Crippen molar-refractivity contribution >= 4 is 49.2 Å². The summed E-state index contributed by atoms with van der Waals surface area (Å²) < 4.78 is 36.6. The van der Waals surface area contributed by atoms with Crippen LogP contribution in [0.4, 0.5) is 10.2 Å². The second-order valence-corrected chi connectivity index (χ2v) is 10.4. The zero-order valence-electron chi connectivity index (χ0n) is 20.7. The summed E-state index contributed by atoms with van der Waals surface area (Å²) in [7, 11) is -2.67. The van der Waals surface area contributed by atoms with Crippen molar-refractivity contribution in [2.75, 3.05) is 12.3 Å². The molecule has 1 aliphatic rings. The SMILES string of the molecule is C[C@H](N/N=[P+](\[O-])Oc1ccc(Cl)cc1OC[C@H]1OC(n2cc(F)c(N)nc2=O)=CS1)C(=O)OCc1ccccc1. The van der Waals surface area contributed by atoms with Gasteiger partial charge < -0.3 is 24.8 Å². The summed E-state index contributed by atoms with van der Waals surface area (Å²) in [6, 6.07) is 12.6. The average Bonchev–Trinajstić information content (AvgIpc) is 3.41. The van der Waals surface area contributed by atoms with Crippen LogP contribution in [0, 0.1) is 5.82 Å². The van der Waals surface area contributed by atoms with Crippen LogP contribution >= 0.6 is 31.5 Å². The molecule has 3 aromatic rings. The Kier molecular flexibility index (Phi) is 9.96. The zero-order chi connectivity index (χ0) is 28.6. The fourth-order valence-electron chi connectivity index (χ4n) is 3.09. The Balaban J connectivity index is 1.31. The Hall–Kier alpha value is -3.68. The van der Waals surface area contributed by atoms with Gasteiger partial charge in [-0.25, -0.2) is 13.8 Å². The molecule has 16 heteroatoms. The molecule has 40 heavy (non-hydrogen) atoms. The number of nitrogens with zero attached hydrogens (tertiary/aromatic N) is 3. The van der Waals surface area contributed by atoms with Crippen molar-refractivity contribution in [1.29, 1.82) is 0 Å². The van der Waals surface area contributed by atoms with E-state index in [1.165, 1.54) is 42.3 Å². The second-order valence-electron chi connectivity index (χ2n) is 8.04. The molecule has 1 unspecified atom stereocenters. The first-order valence-corrected chi connectivity index (χ1v) is 14.0. The third-order valence-electron chi connectivity index (χ3n) is 5.09. The number of carbonyl (C=O) groups is 1. The minimum atomic E-state index is -2.67. The molecule has 0 saturated carbocycles. The number of hydrogen-bond acceptors (Lipinski definition) is 11. The van der Waals surface area contributed by atoms with E-state index in [-0.39, 0.29) is 30.6 Å². The summed E-state index contributed by atoms with van der Waals surface area (Å²) in [6.45, 7) is 1.53. The molecule has 2 aromatic carbocycles. The van der Waals surface area contributed by atoms with Gasteiger partial charge in [0.05, 0.1) is 6.20 Å². The summed E-state index contributed by atoms with van der Waals surface area (Å²) in [6.07, 6.45) is 0.876. The number of anilines is 1. The number of esters is 1. The third-order valence-corrected chi connectivity index (χ3v) is 6.83. The molecule has 0 fully saturated rings. The van der Waals surface area contributed by atoms with Crippen molar-refractivity contribution in [3.05, 3.63) is 87.0 Å². The lowest BCUT2D eigenvalue weighted by Crippen LogP contribution is -2.31. The van der Waals surface area contributed by atoms with Gasteiger partial charge in [0.2, 0.25) is 11.6 Å². The molecule has 4 rings (SSSR count). The van der Waals surface area contributed by atoms with E-state index in [0.717, 1.165) is 16.3 Å². The molecule has 2 heterocycles. The Labute approximate surface area is 237 Å². The quantitative estimate of drug-likeness (QED) is 0.186. The van der Waals surface area contributed by atoms with Crippen molar-refractivity contribution in [1.82, 2.24) is 15.0 Å². The van der Waals surface area contributed by atoms with E-state index in [1.807, 2.05) is 30.3 Å².